The lowest BCUT2D eigenvalue weighted by Crippen LogP contribution is -2.46. The molecule has 1 aliphatic heterocycles. The van der Waals surface area contributed by atoms with E-state index in [1.807, 2.05) is 60.7 Å². The first-order valence-corrected chi connectivity index (χ1v) is 11.0. The molecular weight excluding hydrogens is 357 g/mol. The van der Waals surface area contributed by atoms with Crippen LogP contribution in [0, 0.1) is 0 Å². The van der Waals surface area contributed by atoms with Gasteiger partial charge < -0.3 is 13.9 Å². The SMILES string of the molecule is O=C(c1ccco1)N1CCCCC1P(=O)(c1ccccc1)c1ccccc1. The van der Waals surface area contributed by atoms with Crippen LogP contribution < -0.4 is 10.6 Å². The second-order valence-corrected chi connectivity index (χ2v) is 9.73. The van der Waals surface area contributed by atoms with E-state index in [9.17, 15) is 9.36 Å². The van der Waals surface area contributed by atoms with Crippen molar-refractivity contribution < 1.29 is 13.8 Å². The molecule has 4 nitrogen and oxygen atoms in total. The topological polar surface area (TPSA) is 50.5 Å². The normalized spacial score (nSPS) is 17.6. The van der Waals surface area contributed by atoms with Gasteiger partial charge >= 0.3 is 0 Å². The number of likely N-dealkylation sites (tertiary alicyclic amines) is 1. The highest BCUT2D eigenvalue weighted by atomic mass is 31.2. The highest BCUT2D eigenvalue weighted by Crippen LogP contribution is 2.53. The summed E-state index contributed by atoms with van der Waals surface area (Å²) in [6.45, 7) is 0.591. The Labute approximate surface area is 159 Å². The Kier molecular flexibility index (Phi) is 5.00. The van der Waals surface area contributed by atoms with Gasteiger partial charge in [-0.05, 0) is 31.4 Å². The number of carbonyl (C=O) groups excluding carboxylic acids is 1. The molecule has 1 saturated heterocycles. The number of nitrogens with zero attached hydrogens (tertiary/aromatic N) is 1. The van der Waals surface area contributed by atoms with Crippen molar-refractivity contribution in [1.29, 1.82) is 0 Å². The smallest absolute Gasteiger partial charge is 0.290 e. The van der Waals surface area contributed by atoms with Crippen LogP contribution in [0.5, 0.6) is 0 Å². The van der Waals surface area contributed by atoms with Crippen molar-refractivity contribution in [2.24, 2.45) is 0 Å². The molecule has 1 amide bonds. The van der Waals surface area contributed by atoms with Gasteiger partial charge in [0.25, 0.3) is 5.91 Å². The lowest BCUT2D eigenvalue weighted by Gasteiger charge is -2.40. The van der Waals surface area contributed by atoms with Gasteiger partial charge in [0.15, 0.2) is 12.9 Å². The van der Waals surface area contributed by atoms with Gasteiger partial charge in [0, 0.05) is 17.2 Å². The lowest BCUT2D eigenvalue weighted by molar-refractivity contribution is 0.0657. The molecule has 1 aromatic heterocycles. The summed E-state index contributed by atoms with van der Waals surface area (Å²) < 4.78 is 20.0. The minimum atomic E-state index is -3.05. The molecule has 0 saturated carbocycles. The van der Waals surface area contributed by atoms with E-state index in [0.29, 0.717) is 18.7 Å². The summed E-state index contributed by atoms with van der Waals surface area (Å²) in [7, 11) is -3.05. The second kappa shape index (κ2) is 7.58. The monoisotopic (exact) mass is 379 g/mol. The molecule has 27 heavy (non-hydrogen) atoms. The van der Waals surface area contributed by atoms with Crippen molar-refractivity contribution in [1.82, 2.24) is 4.90 Å². The molecule has 3 aromatic rings. The summed E-state index contributed by atoms with van der Waals surface area (Å²) in [5, 5.41) is 1.58. The predicted molar refractivity (Wildman–Crippen MR) is 107 cm³/mol. The fourth-order valence-electron chi connectivity index (χ4n) is 3.86. The van der Waals surface area contributed by atoms with Gasteiger partial charge in [-0.15, -0.1) is 0 Å². The van der Waals surface area contributed by atoms with Crippen LogP contribution in [0.3, 0.4) is 0 Å². The molecule has 1 aliphatic rings. The first kappa shape index (κ1) is 17.8. The van der Waals surface area contributed by atoms with Gasteiger partial charge in [-0.2, -0.15) is 0 Å². The van der Waals surface area contributed by atoms with Crippen LogP contribution in [0.25, 0.3) is 0 Å². The van der Waals surface area contributed by atoms with Gasteiger partial charge in [-0.25, -0.2) is 0 Å². The summed E-state index contributed by atoms with van der Waals surface area (Å²) >= 11 is 0. The van der Waals surface area contributed by atoms with Crippen molar-refractivity contribution in [2.45, 2.75) is 25.0 Å². The molecule has 138 valence electrons. The third-order valence-electron chi connectivity index (χ3n) is 5.16. The van der Waals surface area contributed by atoms with Crippen molar-refractivity contribution in [3.05, 3.63) is 84.8 Å². The van der Waals surface area contributed by atoms with Gasteiger partial charge in [-0.3, -0.25) is 4.79 Å². The number of rotatable bonds is 4. The number of carbonyl (C=O) groups is 1. The van der Waals surface area contributed by atoms with Gasteiger partial charge in [-0.1, -0.05) is 60.7 Å². The maximum absolute atomic E-state index is 14.6. The van der Waals surface area contributed by atoms with E-state index in [1.165, 1.54) is 6.26 Å². The van der Waals surface area contributed by atoms with Gasteiger partial charge in [0.1, 0.15) is 0 Å². The number of amides is 1. The quantitative estimate of drug-likeness (QED) is 0.637. The van der Waals surface area contributed by atoms with Crippen molar-refractivity contribution >= 4 is 23.7 Å². The minimum absolute atomic E-state index is 0.184. The highest BCUT2D eigenvalue weighted by Gasteiger charge is 2.43. The van der Waals surface area contributed by atoms with Gasteiger partial charge in [0.2, 0.25) is 0 Å². The zero-order valence-corrected chi connectivity index (χ0v) is 15.9. The van der Waals surface area contributed by atoms with E-state index < -0.39 is 7.14 Å². The molecule has 1 fully saturated rings. The molecule has 4 rings (SSSR count). The Bertz CT molecular complexity index is 895. The van der Waals surface area contributed by atoms with Crippen LogP contribution >= 0.6 is 7.14 Å². The van der Waals surface area contributed by atoms with E-state index in [0.717, 1.165) is 23.5 Å². The molecule has 0 spiro atoms. The van der Waals surface area contributed by atoms with E-state index in [2.05, 4.69) is 0 Å². The van der Waals surface area contributed by atoms with E-state index in [-0.39, 0.29) is 11.7 Å². The second-order valence-electron chi connectivity index (χ2n) is 6.78. The van der Waals surface area contributed by atoms with Crippen LogP contribution in [0.15, 0.2) is 83.5 Å². The molecule has 2 aromatic carbocycles. The van der Waals surface area contributed by atoms with Crippen LogP contribution in [0.4, 0.5) is 0 Å². The summed E-state index contributed by atoms with van der Waals surface area (Å²) in [5.74, 6) is -0.250. The molecule has 1 unspecified atom stereocenters. The third kappa shape index (κ3) is 3.26. The number of hydrogen-bond donors (Lipinski definition) is 0. The molecular formula is C22H22NO3P. The van der Waals surface area contributed by atoms with E-state index >= 15 is 0 Å². The van der Waals surface area contributed by atoms with Gasteiger partial charge in [0.05, 0.1) is 12.0 Å². The Balaban J connectivity index is 1.83. The van der Waals surface area contributed by atoms with E-state index in [4.69, 9.17) is 4.42 Å². The number of piperidine rings is 1. The number of benzene rings is 2. The van der Waals surface area contributed by atoms with Crippen molar-refractivity contribution in [3.63, 3.8) is 0 Å². The number of furan rings is 1. The molecule has 0 N–H and O–H groups in total. The molecule has 1 atom stereocenters. The fraction of sp³-hybridized carbons (Fsp3) is 0.227. The summed E-state index contributed by atoms with van der Waals surface area (Å²) in [4.78, 5) is 14.9. The van der Waals surface area contributed by atoms with Crippen LogP contribution in [0.2, 0.25) is 0 Å². The Hall–Kier alpha value is -2.58. The fourth-order valence-corrected chi connectivity index (χ4v) is 7.24. The first-order valence-electron chi connectivity index (χ1n) is 9.26. The summed E-state index contributed by atoms with van der Waals surface area (Å²) in [6.07, 6.45) is 4.08. The van der Waals surface area contributed by atoms with Crippen LogP contribution in [0.1, 0.15) is 29.8 Å². The first-order chi connectivity index (χ1) is 13.2. The standard InChI is InChI=1S/C22H22NO3P/c24-22(20-14-9-17-26-20)23-16-8-7-15-21(23)27(25,18-10-3-1-4-11-18)19-12-5-2-6-13-19/h1-6,9-14,17,21H,7-8,15-16H2. The Morgan fingerprint density at radius 3 is 2.07 bits per heavy atom. The molecule has 0 radical (unpaired) electrons. The average Bonchev–Trinajstić information content (AvgIpc) is 3.29. The Morgan fingerprint density at radius 2 is 1.52 bits per heavy atom. The molecule has 5 heteroatoms. The summed E-state index contributed by atoms with van der Waals surface area (Å²) in [5.41, 5.74) is 0. The average molecular weight is 379 g/mol. The lowest BCUT2D eigenvalue weighted by atomic mass is 10.1. The predicted octanol–water partition coefficient (Wildman–Crippen LogP) is 4.25. The zero-order chi connectivity index (χ0) is 18.7. The largest absolute Gasteiger partial charge is 0.459 e. The van der Waals surface area contributed by atoms with Crippen molar-refractivity contribution in [2.75, 3.05) is 6.54 Å². The maximum atomic E-state index is 14.6. The molecule has 0 bridgehead atoms. The summed E-state index contributed by atoms with van der Waals surface area (Å²) in [6, 6.07) is 22.5. The van der Waals surface area contributed by atoms with Crippen LogP contribution in [-0.2, 0) is 4.57 Å². The molecule has 0 aliphatic carbocycles. The minimum Gasteiger partial charge on any atom is -0.459 e. The Morgan fingerprint density at radius 1 is 0.889 bits per heavy atom. The number of hydrogen-bond acceptors (Lipinski definition) is 3. The molecule has 2 heterocycles. The van der Waals surface area contributed by atoms with Crippen LogP contribution in [-0.4, -0.2) is 23.1 Å². The maximum Gasteiger partial charge on any atom is 0.290 e. The highest BCUT2D eigenvalue weighted by molar-refractivity contribution is 7.79. The zero-order valence-electron chi connectivity index (χ0n) is 15.0. The third-order valence-corrected chi connectivity index (χ3v) is 8.67. The van der Waals surface area contributed by atoms with Crippen molar-refractivity contribution in [3.8, 4) is 0 Å². The van der Waals surface area contributed by atoms with E-state index in [1.54, 1.807) is 17.0 Å².